The van der Waals surface area contributed by atoms with Crippen LogP contribution < -0.4 is 10.6 Å². The van der Waals surface area contributed by atoms with Crippen LogP contribution in [0.15, 0.2) is 41.2 Å². The third-order valence-electron chi connectivity index (χ3n) is 3.04. The van der Waals surface area contributed by atoms with Crippen LogP contribution in [0.5, 0.6) is 0 Å². The molecule has 2 N–H and O–H groups in total. The Morgan fingerprint density at radius 2 is 2.00 bits per heavy atom. The van der Waals surface area contributed by atoms with Gasteiger partial charge < -0.3 is 15.1 Å². The number of anilines is 1. The number of nitrogens with two attached hydrogens (primary N) is 1. The van der Waals surface area contributed by atoms with E-state index in [1.54, 1.807) is 19.6 Å². The van der Waals surface area contributed by atoms with E-state index in [0.717, 1.165) is 17.7 Å². The summed E-state index contributed by atoms with van der Waals surface area (Å²) in [6.07, 6.45) is -1.20. The number of hydrogen-bond donors (Lipinski definition) is 1. The van der Waals surface area contributed by atoms with Crippen molar-refractivity contribution in [3.63, 3.8) is 0 Å². The first-order valence-corrected chi connectivity index (χ1v) is 6.04. The second-order valence-corrected chi connectivity index (χ2v) is 4.53. The maximum atomic E-state index is 12.7. The molecule has 1 aromatic heterocycles. The molecule has 0 aliphatic carbocycles. The molecule has 108 valence electrons. The van der Waals surface area contributed by atoms with Crippen molar-refractivity contribution in [2.75, 3.05) is 11.9 Å². The summed E-state index contributed by atoms with van der Waals surface area (Å²) in [4.78, 5) is 1.84. The van der Waals surface area contributed by atoms with E-state index in [1.165, 1.54) is 6.07 Å². The molecule has 0 radical (unpaired) electrons. The van der Waals surface area contributed by atoms with Gasteiger partial charge in [-0.1, -0.05) is 0 Å². The van der Waals surface area contributed by atoms with Gasteiger partial charge in [0, 0.05) is 31.4 Å². The summed E-state index contributed by atoms with van der Waals surface area (Å²) in [6.45, 7) is 0.587. The van der Waals surface area contributed by atoms with Gasteiger partial charge in [-0.3, -0.25) is 0 Å². The zero-order valence-electron chi connectivity index (χ0n) is 10.9. The summed E-state index contributed by atoms with van der Waals surface area (Å²) < 4.78 is 43.0. The topological polar surface area (TPSA) is 42.4 Å². The summed E-state index contributed by atoms with van der Waals surface area (Å²) in [6, 6.07) is 5.43. The van der Waals surface area contributed by atoms with Crippen LogP contribution in [-0.4, -0.2) is 7.05 Å². The molecule has 20 heavy (non-hydrogen) atoms. The Hall–Kier alpha value is -1.95. The maximum absolute atomic E-state index is 12.7. The molecule has 0 saturated heterocycles. The lowest BCUT2D eigenvalue weighted by Gasteiger charge is -2.22. The molecule has 0 amide bonds. The van der Waals surface area contributed by atoms with Gasteiger partial charge in [0.1, 0.15) is 0 Å². The lowest BCUT2D eigenvalue weighted by Crippen LogP contribution is -2.19. The summed E-state index contributed by atoms with van der Waals surface area (Å²) in [5.74, 6) is 0. The van der Waals surface area contributed by atoms with Crippen molar-refractivity contribution >= 4 is 5.69 Å². The minimum Gasteiger partial charge on any atom is -0.472 e. The Labute approximate surface area is 114 Å². The molecule has 2 aromatic rings. The van der Waals surface area contributed by atoms with Gasteiger partial charge in [0.25, 0.3) is 0 Å². The predicted molar refractivity (Wildman–Crippen MR) is 70.2 cm³/mol. The molecule has 0 spiro atoms. The van der Waals surface area contributed by atoms with Crippen LogP contribution in [0.1, 0.15) is 16.7 Å². The van der Waals surface area contributed by atoms with Gasteiger partial charge in [0.2, 0.25) is 0 Å². The highest BCUT2D eigenvalue weighted by atomic mass is 19.4. The second kappa shape index (κ2) is 5.58. The smallest absolute Gasteiger partial charge is 0.416 e. The first-order valence-electron chi connectivity index (χ1n) is 6.04. The average molecular weight is 284 g/mol. The molecule has 0 saturated carbocycles. The summed E-state index contributed by atoms with van der Waals surface area (Å²) in [5, 5.41) is 0. The molecule has 0 atom stereocenters. The Morgan fingerprint density at radius 1 is 1.25 bits per heavy atom. The van der Waals surface area contributed by atoms with Gasteiger partial charge >= 0.3 is 6.18 Å². The molecule has 1 heterocycles. The molecule has 0 bridgehead atoms. The van der Waals surface area contributed by atoms with E-state index in [0.29, 0.717) is 17.8 Å². The number of hydrogen-bond acceptors (Lipinski definition) is 3. The van der Waals surface area contributed by atoms with Crippen molar-refractivity contribution in [1.29, 1.82) is 0 Å². The van der Waals surface area contributed by atoms with E-state index in [1.807, 2.05) is 11.0 Å². The number of benzene rings is 1. The van der Waals surface area contributed by atoms with Crippen molar-refractivity contribution < 1.29 is 17.6 Å². The van der Waals surface area contributed by atoms with E-state index in [-0.39, 0.29) is 6.54 Å². The van der Waals surface area contributed by atoms with E-state index in [4.69, 9.17) is 10.2 Å². The normalized spacial score (nSPS) is 11.7. The first-order chi connectivity index (χ1) is 9.41. The fraction of sp³-hybridized carbons (Fsp3) is 0.286. The van der Waals surface area contributed by atoms with E-state index < -0.39 is 11.7 Å². The van der Waals surface area contributed by atoms with Gasteiger partial charge in [-0.2, -0.15) is 13.2 Å². The average Bonchev–Trinajstić information content (AvgIpc) is 2.89. The zero-order valence-corrected chi connectivity index (χ0v) is 10.9. The zero-order chi connectivity index (χ0) is 14.8. The Morgan fingerprint density at radius 3 is 2.55 bits per heavy atom. The molecule has 6 heteroatoms. The lowest BCUT2D eigenvalue weighted by molar-refractivity contribution is -0.137. The molecule has 1 aromatic carbocycles. The SMILES string of the molecule is CN(Cc1ccoc1)c1ccc(C(F)(F)F)cc1CN. The van der Waals surface area contributed by atoms with E-state index >= 15 is 0 Å². The van der Waals surface area contributed by atoms with Crippen LogP contribution in [0.25, 0.3) is 0 Å². The van der Waals surface area contributed by atoms with E-state index in [2.05, 4.69) is 0 Å². The predicted octanol–water partition coefficient (Wildman–Crippen LogP) is 3.39. The first kappa shape index (κ1) is 14.5. The summed E-state index contributed by atoms with van der Waals surface area (Å²) in [7, 11) is 1.80. The van der Waals surface area contributed by atoms with Crippen LogP contribution in [0.3, 0.4) is 0 Å². The van der Waals surface area contributed by atoms with Crippen molar-refractivity contribution in [3.05, 3.63) is 53.5 Å². The van der Waals surface area contributed by atoms with Gasteiger partial charge in [-0.15, -0.1) is 0 Å². The van der Waals surface area contributed by atoms with Crippen molar-refractivity contribution in [3.8, 4) is 0 Å². The third-order valence-corrected chi connectivity index (χ3v) is 3.04. The van der Waals surface area contributed by atoms with Crippen molar-refractivity contribution in [2.24, 2.45) is 5.73 Å². The van der Waals surface area contributed by atoms with Crippen molar-refractivity contribution in [1.82, 2.24) is 0 Å². The largest absolute Gasteiger partial charge is 0.472 e. The second-order valence-electron chi connectivity index (χ2n) is 4.53. The third kappa shape index (κ3) is 3.14. The number of nitrogens with zero attached hydrogens (tertiary/aromatic N) is 1. The Balaban J connectivity index is 2.27. The molecular formula is C14H15F3N2O. The quantitative estimate of drug-likeness (QED) is 0.935. The molecule has 0 fully saturated rings. The lowest BCUT2D eigenvalue weighted by atomic mass is 10.1. The highest BCUT2D eigenvalue weighted by Gasteiger charge is 2.31. The fourth-order valence-corrected chi connectivity index (χ4v) is 2.04. The van der Waals surface area contributed by atoms with Crippen LogP contribution in [0.4, 0.5) is 18.9 Å². The molecule has 2 rings (SSSR count). The van der Waals surface area contributed by atoms with Gasteiger partial charge in [0.15, 0.2) is 0 Å². The fourth-order valence-electron chi connectivity index (χ4n) is 2.04. The van der Waals surface area contributed by atoms with Gasteiger partial charge in [-0.25, -0.2) is 0 Å². The monoisotopic (exact) mass is 284 g/mol. The Bertz CT molecular complexity index is 564. The van der Waals surface area contributed by atoms with Crippen LogP contribution in [0.2, 0.25) is 0 Å². The van der Waals surface area contributed by atoms with Crippen LogP contribution in [-0.2, 0) is 19.3 Å². The highest BCUT2D eigenvalue weighted by Crippen LogP contribution is 2.32. The maximum Gasteiger partial charge on any atom is 0.416 e. The van der Waals surface area contributed by atoms with Gasteiger partial charge in [0.05, 0.1) is 18.1 Å². The van der Waals surface area contributed by atoms with Crippen LogP contribution in [0, 0.1) is 0 Å². The molecule has 0 aliphatic rings. The molecule has 0 aliphatic heterocycles. The molecular weight excluding hydrogens is 269 g/mol. The number of rotatable bonds is 4. The number of halogens is 3. The summed E-state index contributed by atoms with van der Waals surface area (Å²) >= 11 is 0. The summed E-state index contributed by atoms with van der Waals surface area (Å²) in [5.41, 5.74) is 6.97. The van der Waals surface area contributed by atoms with Gasteiger partial charge in [-0.05, 0) is 29.8 Å². The Kier molecular flexibility index (Phi) is 4.04. The number of alkyl halides is 3. The minimum absolute atomic E-state index is 0.0506. The van der Waals surface area contributed by atoms with Crippen LogP contribution >= 0.6 is 0 Å². The molecule has 3 nitrogen and oxygen atoms in total. The standard InChI is InChI=1S/C14H15F3N2O/c1-19(8-10-4-5-20-9-10)13-3-2-12(14(15,16)17)6-11(13)7-18/h2-6,9H,7-8,18H2,1H3. The minimum atomic E-state index is -4.36. The molecule has 0 unspecified atom stereocenters. The number of furan rings is 1. The van der Waals surface area contributed by atoms with Crippen molar-refractivity contribution in [2.45, 2.75) is 19.3 Å². The highest BCUT2D eigenvalue weighted by molar-refractivity contribution is 5.55. The van der Waals surface area contributed by atoms with E-state index in [9.17, 15) is 13.2 Å².